The van der Waals surface area contributed by atoms with E-state index >= 15 is 4.39 Å². The van der Waals surface area contributed by atoms with Crippen LogP contribution in [0, 0.1) is 18.3 Å². The fourth-order valence-electron chi connectivity index (χ4n) is 8.55. The van der Waals surface area contributed by atoms with E-state index in [1.807, 2.05) is 17.0 Å². The van der Waals surface area contributed by atoms with Crippen LogP contribution in [0.1, 0.15) is 42.7 Å². The van der Waals surface area contributed by atoms with Gasteiger partial charge in [0.1, 0.15) is 30.5 Å². The normalized spacial score (nSPS) is 28.1. The van der Waals surface area contributed by atoms with E-state index in [2.05, 4.69) is 22.4 Å². The fraction of sp³-hybridized carbons (Fsp3) is 0.486. The highest BCUT2D eigenvalue weighted by atomic mass is 19.1. The van der Waals surface area contributed by atoms with Gasteiger partial charge in [-0.25, -0.2) is 19.7 Å². The first-order chi connectivity index (χ1) is 22.2. The molecule has 8 nitrogen and oxygen atoms in total. The molecule has 0 N–H and O–H groups in total. The lowest BCUT2D eigenvalue weighted by molar-refractivity contribution is -0.131. The van der Waals surface area contributed by atoms with Gasteiger partial charge in [0.15, 0.2) is 5.83 Å². The van der Waals surface area contributed by atoms with Gasteiger partial charge in [0, 0.05) is 43.5 Å². The highest BCUT2D eigenvalue weighted by Crippen LogP contribution is 2.58. The highest BCUT2D eigenvalue weighted by molar-refractivity contribution is 5.94. The average molecular weight is 629 g/mol. The van der Waals surface area contributed by atoms with Crippen molar-refractivity contribution in [2.45, 2.75) is 55.8 Å². The van der Waals surface area contributed by atoms with Crippen molar-refractivity contribution in [3.05, 3.63) is 71.1 Å². The summed E-state index contributed by atoms with van der Waals surface area (Å²) in [7, 11) is 0. The van der Waals surface area contributed by atoms with E-state index in [0.717, 1.165) is 31.4 Å². The fourth-order valence-corrected chi connectivity index (χ4v) is 8.55. The number of benzene rings is 2. The molecule has 0 radical (unpaired) electrons. The molecule has 5 atom stereocenters. The van der Waals surface area contributed by atoms with Crippen LogP contribution in [0.4, 0.5) is 19.0 Å². The van der Waals surface area contributed by atoms with Gasteiger partial charge in [0.25, 0.3) is 5.91 Å². The molecule has 4 heterocycles. The summed E-state index contributed by atoms with van der Waals surface area (Å²) in [5.41, 5.74) is 3.96. The van der Waals surface area contributed by atoms with Crippen molar-refractivity contribution in [3.63, 3.8) is 0 Å². The van der Waals surface area contributed by atoms with Crippen LogP contribution in [-0.2, 0) is 11.2 Å². The molecule has 0 bridgehead atoms. The maximum absolute atomic E-state index is 16.1. The summed E-state index contributed by atoms with van der Waals surface area (Å²) in [6.45, 7) is 12.6. The van der Waals surface area contributed by atoms with Gasteiger partial charge < -0.3 is 19.4 Å². The van der Waals surface area contributed by atoms with Crippen molar-refractivity contribution in [2.24, 2.45) is 5.92 Å². The number of hydrogen-bond donors (Lipinski definition) is 0. The number of halogens is 3. The molecule has 3 aromatic rings. The predicted octanol–water partition coefficient (Wildman–Crippen LogP) is 5.47. The molecule has 3 saturated heterocycles. The Morgan fingerprint density at radius 1 is 1.17 bits per heavy atom. The van der Waals surface area contributed by atoms with E-state index in [4.69, 9.17) is 21.3 Å². The summed E-state index contributed by atoms with van der Waals surface area (Å²) in [6, 6.07) is 8.84. The molecule has 2 aliphatic carbocycles. The number of amides is 1. The number of hydrogen-bond acceptors (Lipinski definition) is 6. The number of piperazine rings is 1. The summed E-state index contributed by atoms with van der Waals surface area (Å²) in [6.07, 6.45) is 3.45. The van der Waals surface area contributed by atoms with E-state index in [-0.39, 0.29) is 44.6 Å². The van der Waals surface area contributed by atoms with Crippen molar-refractivity contribution in [2.75, 3.05) is 50.8 Å². The highest BCUT2D eigenvalue weighted by Gasteiger charge is 2.49. The molecule has 2 aromatic carbocycles. The van der Waals surface area contributed by atoms with Crippen LogP contribution in [0.2, 0.25) is 0 Å². The SMILES string of the molecule is [C-]#[N+]C[C@H]1CN(c2nc(OC[C@@]34CCCN3C[C@H](F)C4)nc3cc(-c4cccc5c4C[C@H]4C[C@@H]54)c(F)cc23)CCN1C(=O)C(=C)F. The minimum Gasteiger partial charge on any atom is -0.461 e. The Balaban J connectivity index is 1.19. The minimum atomic E-state index is -1.08. The van der Waals surface area contributed by atoms with Gasteiger partial charge in [-0.3, -0.25) is 9.69 Å². The van der Waals surface area contributed by atoms with Gasteiger partial charge in [0.2, 0.25) is 6.54 Å². The molecule has 238 valence electrons. The maximum Gasteiger partial charge on any atom is 0.319 e. The first kappa shape index (κ1) is 29.2. The zero-order valence-electron chi connectivity index (χ0n) is 25.5. The van der Waals surface area contributed by atoms with Crippen molar-refractivity contribution >= 4 is 22.6 Å². The molecular formula is C35H35F3N6O2. The average Bonchev–Trinajstić information content (AvgIpc) is 3.38. The van der Waals surface area contributed by atoms with Crippen LogP contribution in [-0.4, -0.2) is 89.3 Å². The van der Waals surface area contributed by atoms with Crippen molar-refractivity contribution < 1.29 is 22.7 Å². The number of carbonyl (C=O) groups is 1. The number of rotatable bonds is 7. The minimum absolute atomic E-state index is 0.0374. The molecule has 1 aromatic heterocycles. The van der Waals surface area contributed by atoms with Crippen molar-refractivity contribution in [1.29, 1.82) is 0 Å². The number of aromatic nitrogens is 2. The monoisotopic (exact) mass is 628 g/mol. The molecule has 8 rings (SSSR count). The second-order valence-electron chi connectivity index (χ2n) is 13.6. The number of nitrogens with zero attached hydrogens (tertiary/aromatic N) is 6. The van der Waals surface area contributed by atoms with Crippen LogP contribution in [0.3, 0.4) is 0 Å². The predicted molar refractivity (Wildman–Crippen MR) is 167 cm³/mol. The molecule has 0 spiro atoms. The van der Waals surface area contributed by atoms with Crippen LogP contribution in [0.5, 0.6) is 6.01 Å². The molecule has 11 heteroatoms. The third-order valence-corrected chi connectivity index (χ3v) is 10.8. The first-order valence-electron chi connectivity index (χ1n) is 16.1. The van der Waals surface area contributed by atoms with Crippen LogP contribution >= 0.6 is 0 Å². The van der Waals surface area contributed by atoms with E-state index in [1.165, 1.54) is 28.5 Å². The zero-order valence-corrected chi connectivity index (χ0v) is 25.5. The Labute approximate surface area is 265 Å². The third kappa shape index (κ3) is 4.80. The summed E-state index contributed by atoms with van der Waals surface area (Å²) < 4.78 is 50.8. The Bertz CT molecular complexity index is 1810. The number of alkyl halides is 1. The zero-order chi connectivity index (χ0) is 31.7. The standard InChI is InChI=1S/C35H35F3N6O2/c1-20(36)33(45)44-10-9-42(18-23(44)16-39-2)32-29-13-30(38)28(25-6-3-5-24-26-11-21(26)12-27(24)25)14-31(29)40-34(41-32)46-19-35-7-4-8-43(35)17-22(37)15-35/h3,5-6,13-14,21-23,26H,1,4,7-12,15-19H2/t21-,22-,23+,26-,35+/m1/s1. The van der Waals surface area contributed by atoms with E-state index in [0.29, 0.717) is 47.1 Å². The van der Waals surface area contributed by atoms with E-state index < -0.39 is 29.5 Å². The summed E-state index contributed by atoms with van der Waals surface area (Å²) in [4.78, 5) is 31.0. The van der Waals surface area contributed by atoms with Crippen molar-refractivity contribution in [1.82, 2.24) is 19.8 Å². The second-order valence-corrected chi connectivity index (χ2v) is 13.6. The molecule has 1 saturated carbocycles. The van der Waals surface area contributed by atoms with Gasteiger partial charge >= 0.3 is 6.01 Å². The van der Waals surface area contributed by atoms with Gasteiger partial charge in [-0.05, 0) is 72.9 Å². The molecule has 4 fully saturated rings. The smallest absolute Gasteiger partial charge is 0.319 e. The number of fused-ring (bicyclic) bond motifs is 5. The number of anilines is 1. The van der Waals surface area contributed by atoms with Gasteiger partial charge in [-0.1, -0.05) is 24.8 Å². The Morgan fingerprint density at radius 2 is 2.04 bits per heavy atom. The molecule has 1 amide bonds. The third-order valence-electron chi connectivity index (χ3n) is 10.8. The molecular weight excluding hydrogens is 593 g/mol. The van der Waals surface area contributed by atoms with E-state index in [9.17, 15) is 13.6 Å². The van der Waals surface area contributed by atoms with Crippen molar-refractivity contribution in [3.8, 4) is 17.1 Å². The van der Waals surface area contributed by atoms with Crippen LogP contribution in [0.25, 0.3) is 26.9 Å². The van der Waals surface area contributed by atoms with Gasteiger partial charge in [0.05, 0.1) is 11.1 Å². The Hall–Kier alpha value is -4.17. The lowest BCUT2D eigenvalue weighted by Gasteiger charge is -2.39. The number of carbonyl (C=O) groups excluding carboxylic acids is 1. The second kappa shape index (κ2) is 11.0. The molecule has 46 heavy (non-hydrogen) atoms. The molecule has 0 unspecified atom stereocenters. The quantitative estimate of drug-likeness (QED) is 0.256. The topological polar surface area (TPSA) is 66.2 Å². The first-order valence-corrected chi connectivity index (χ1v) is 16.1. The molecule has 5 aliphatic rings. The van der Waals surface area contributed by atoms with E-state index in [1.54, 1.807) is 6.07 Å². The van der Waals surface area contributed by atoms with Crippen LogP contribution in [0.15, 0.2) is 42.7 Å². The largest absolute Gasteiger partial charge is 0.461 e. The summed E-state index contributed by atoms with van der Waals surface area (Å²) in [5, 5.41) is 0.477. The lowest BCUT2D eigenvalue weighted by atomic mass is 9.93. The Morgan fingerprint density at radius 3 is 2.87 bits per heavy atom. The van der Waals surface area contributed by atoms with Gasteiger partial charge in [-0.15, -0.1) is 0 Å². The van der Waals surface area contributed by atoms with Gasteiger partial charge in [-0.2, -0.15) is 9.97 Å². The summed E-state index contributed by atoms with van der Waals surface area (Å²) in [5.74, 6) is -0.663. The number of ether oxygens (including phenoxy) is 1. The lowest BCUT2D eigenvalue weighted by Crippen LogP contribution is -2.56. The Kier molecular flexibility index (Phi) is 6.98. The molecule has 3 aliphatic heterocycles. The summed E-state index contributed by atoms with van der Waals surface area (Å²) >= 11 is 0. The van der Waals surface area contributed by atoms with Crippen LogP contribution < -0.4 is 9.64 Å². The maximum atomic E-state index is 16.1.